The first kappa shape index (κ1) is 16.7. The molecule has 1 saturated heterocycles. The Morgan fingerprint density at radius 1 is 1.33 bits per heavy atom. The normalized spacial score (nSPS) is 26.1. The third-order valence-corrected chi connectivity index (χ3v) is 5.23. The molecule has 0 aromatic heterocycles. The number of aliphatic carboxylic acids is 1. The van der Waals surface area contributed by atoms with Gasteiger partial charge in [0.05, 0.1) is 13.5 Å². The summed E-state index contributed by atoms with van der Waals surface area (Å²) in [5.74, 6) is -1.30. The van der Waals surface area contributed by atoms with Gasteiger partial charge in [0.1, 0.15) is 6.04 Å². The number of carboxylic acid groups (broad SMARTS) is 1. The number of hydrogen-bond acceptors (Lipinski definition) is 3. The van der Waals surface area contributed by atoms with Gasteiger partial charge in [0.2, 0.25) is 5.91 Å². The molecule has 130 valence electrons. The van der Waals surface area contributed by atoms with Crippen molar-refractivity contribution in [3.05, 3.63) is 29.6 Å². The topological polar surface area (TPSA) is 66.8 Å². The zero-order valence-electron chi connectivity index (χ0n) is 13.7. The Morgan fingerprint density at radius 3 is 2.75 bits per heavy atom. The number of fused-ring (bicyclic) bond motifs is 1. The van der Waals surface area contributed by atoms with E-state index in [1.807, 2.05) is 0 Å². The highest BCUT2D eigenvalue weighted by molar-refractivity contribution is 5.86. The molecule has 0 radical (unpaired) electrons. The van der Waals surface area contributed by atoms with Gasteiger partial charge < -0.3 is 14.7 Å². The van der Waals surface area contributed by atoms with Crippen LogP contribution in [0.3, 0.4) is 0 Å². The van der Waals surface area contributed by atoms with Crippen LogP contribution in [0.2, 0.25) is 0 Å². The molecule has 1 aromatic rings. The molecule has 0 bridgehead atoms. The molecular weight excluding hydrogens is 313 g/mol. The Hall–Kier alpha value is -2.11. The summed E-state index contributed by atoms with van der Waals surface area (Å²) in [5, 5.41) is 9.49. The van der Waals surface area contributed by atoms with Crippen LogP contribution in [0.4, 0.5) is 4.39 Å². The van der Waals surface area contributed by atoms with Crippen LogP contribution in [0.1, 0.15) is 37.7 Å². The van der Waals surface area contributed by atoms with Crippen LogP contribution in [-0.2, 0) is 16.0 Å². The average Bonchev–Trinajstić information content (AvgIpc) is 2.95. The molecule has 3 rings (SSSR count). The number of carbonyl (C=O) groups excluding carboxylic acids is 1. The molecule has 1 aliphatic heterocycles. The van der Waals surface area contributed by atoms with Gasteiger partial charge in [0.15, 0.2) is 11.6 Å². The summed E-state index contributed by atoms with van der Waals surface area (Å²) in [6.45, 7) is 0. The van der Waals surface area contributed by atoms with Crippen molar-refractivity contribution in [2.24, 2.45) is 5.92 Å². The Kier molecular flexibility index (Phi) is 4.73. The van der Waals surface area contributed by atoms with Crippen LogP contribution in [0.25, 0.3) is 0 Å². The van der Waals surface area contributed by atoms with Crippen molar-refractivity contribution >= 4 is 11.9 Å². The van der Waals surface area contributed by atoms with E-state index in [1.165, 1.54) is 19.2 Å². The maximum Gasteiger partial charge on any atom is 0.326 e. The van der Waals surface area contributed by atoms with E-state index in [2.05, 4.69) is 0 Å². The number of methoxy groups -OCH3 is 1. The number of carbonyl (C=O) groups is 2. The fraction of sp³-hybridized carbons (Fsp3) is 0.556. The van der Waals surface area contributed by atoms with E-state index < -0.39 is 17.8 Å². The van der Waals surface area contributed by atoms with Crippen LogP contribution in [0.15, 0.2) is 18.2 Å². The van der Waals surface area contributed by atoms with Crippen LogP contribution in [0.5, 0.6) is 5.75 Å². The van der Waals surface area contributed by atoms with Crippen molar-refractivity contribution in [3.63, 3.8) is 0 Å². The number of likely N-dealkylation sites (tertiary alicyclic amines) is 1. The number of amides is 1. The summed E-state index contributed by atoms with van der Waals surface area (Å²) in [6, 6.07) is 3.66. The summed E-state index contributed by atoms with van der Waals surface area (Å²) in [6.07, 6.45) is 4.50. The van der Waals surface area contributed by atoms with E-state index in [1.54, 1.807) is 11.0 Å². The van der Waals surface area contributed by atoms with Gasteiger partial charge >= 0.3 is 5.97 Å². The first-order chi connectivity index (χ1) is 11.5. The maximum absolute atomic E-state index is 13.8. The number of hydrogen-bond donors (Lipinski definition) is 1. The van der Waals surface area contributed by atoms with E-state index in [0.29, 0.717) is 12.0 Å². The monoisotopic (exact) mass is 335 g/mol. The molecule has 1 N–H and O–H groups in total. The fourth-order valence-corrected chi connectivity index (χ4v) is 4.13. The van der Waals surface area contributed by atoms with E-state index >= 15 is 0 Å². The Balaban J connectivity index is 1.79. The lowest BCUT2D eigenvalue weighted by Crippen LogP contribution is -2.46. The lowest BCUT2D eigenvalue weighted by Gasteiger charge is -2.33. The van der Waals surface area contributed by atoms with E-state index in [0.717, 1.165) is 25.7 Å². The van der Waals surface area contributed by atoms with E-state index in [9.17, 15) is 19.1 Å². The molecule has 24 heavy (non-hydrogen) atoms. The number of ether oxygens (including phenoxy) is 1. The third kappa shape index (κ3) is 3.09. The number of rotatable bonds is 4. The summed E-state index contributed by atoms with van der Waals surface area (Å²) in [7, 11) is 1.38. The zero-order chi connectivity index (χ0) is 17.3. The zero-order valence-corrected chi connectivity index (χ0v) is 13.7. The number of halogens is 1. The lowest BCUT2D eigenvalue weighted by atomic mass is 9.84. The van der Waals surface area contributed by atoms with Gasteiger partial charge in [-0.15, -0.1) is 0 Å². The predicted octanol–water partition coefficient (Wildman–Crippen LogP) is 2.62. The standard InChI is InChI=1S/C18H22FNO4/c1-24-16-7-6-11(8-13(16)19)9-17(21)20-14-5-3-2-4-12(14)10-15(20)18(22)23/h6-8,12,14-15H,2-5,9-10H2,1H3,(H,22,23). The van der Waals surface area contributed by atoms with Gasteiger partial charge in [0.25, 0.3) is 0 Å². The van der Waals surface area contributed by atoms with Crippen molar-refractivity contribution < 1.29 is 23.8 Å². The molecule has 3 atom stereocenters. The van der Waals surface area contributed by atoms with Crippen molar-refractivity contribution in [2.45, 2.75) is 50.6 Å². The highest BCUT2D eigenvalue weighted by Crippen LogP contribution is 2.40. The molecular formula is C18H22FNO4. The maximum atomic E-state index is 13.8. The highest BCUT2D eigenvalue weighted by atomic mass is 19.1. The second-order valence-electron chi connectivity index (χ2n) is 6.65. The highest BCUT2D eigenvalue weighted by Gasteiger charge is 2.47. The molecule has 2 fully saturated rings. The first-order valence-electron chi connectivity index (χ1n) is 8.37. The molecule has 2 aliphatic rings. The Labute approximate surface area is 140 Å². The van der Waals surface area contributed by atoms with Crippen molar-refractivity contribution in [1.29, 1.82) is 0 Å². The van der Waals surface area contributed by atoms with Crippen LogP contribution >= 0.6 is 0 Å². The molecule has 1 aromatic carbocycles. The quantitative estimate of drug-likeness (QED) is 0.918. The van der Waals surface area contributed by atoms with Gasteiger partial charge in [-0.05, 0) is 42.9 Å². The van der Waals surface area contributed by atoms with Gasteiger partial charge in [0, 0.05) is 6.04 Å². The Bertz CT molecular complexity index is 648. The Morgan fingerprint density at radius 2 is 2.08 bits per heavy atom. The molecule has 3 unspecified atom stereocenters. The SMILES string of the molecule is COc1ccc(CC(=O)N2C(C(=O)O)CC3CCCCC32)cc1F. The van der Waals surface area contributed by atoms with Crippen LogP contribution in [0, 0.1) is 11.7 Å². The predicted molar refractivity (Wildman–Crippen MR) is 85.3 cm³/mol. The molecule has 1 aliphatic carbocycles. The van der Waals surface area contributed by atoms with Crippen molar-refractivity contribution in [2.75, 3.05) is 7.11 Å². The summed E-state index contributed by atoms with van der Waals surface area (Å²) in [4.78, 5) is 25.9. The molecule has 1 heterocycles. The van der Waals surface area contributed by atoms with Crippen LogP contribution in [-0.4, -0.2) is 41.1 Å². The van der Waals surface area contributed by atoms with E-state index in [4.69, 9.17) is 4.74 Å². The smallest absolute Gasteiger partial charge is 0.326 e. The molecule has 1 saturated carbocycles. The van der Waals surface area contributed by atoms with E-state index in [-0.39, 0.29) is 30.0 Å². The molecule has 6 heteroatoms. The van der Waals surface area contributed by atoms with Crippen LogP contribution < -0.4 is 4.74 Å². The van der Waals surface area contributed by atoms with Gasteiger partial charge in [-0.2, -0.15) is 0 Å². The van der Waals surface area contributed by atoms with Gasteiger partial charge in [-0.1, -0.05) is 18.9 Å². The number of benzene rings is 1. The second kappa shape index (κ2) is 6.79. The fourth-order valence-electron chi connectivity index (χ4n) is 4.13. The summed E-state index contributed by atoms with van der Waals surface area (Å²) in [5.41, 5.74) is 0.529. The number of nitrogens with zero attached hydrogens (tertiary/aromatic N) is 1. The minimum atomic E-state index is -0.946. The minimum absolute atomic E-state index is 0.00785. The first-order valence-corrected chi connectivity index (χ1v) is 8.37. The largest absolute Gasteiger partial charge is 0.494 e. The third-order valence-electron chi connectivity index (χ3n) is 5.23. The minimum Gasteiger partial charge on any atom is -0.494 e. The second-order valence-corrected chi connectivity index (χ2v) is 6.65. The average molecular weight is 335 g/mol. The molecule has 0 spiro atoms. The lowest BCUT2D eigenvalue weighted by molar-refractivity contribution is -0.149. The van der Waals surface area contributed by atoms with Gasteiger partial charge in [-0.25, -0.2) is 9.18 Å². The number of carboxylic acids is 1. The van der Waals surface area contributed by atoms with Crippen molar-refractivity contribution in [1.82, 2.24) is 4.90 Å². The molecule has 5 nitrogen and oxygen atoms in total. The van der Waals surface area contributed by atoms with Crippen molar-refractivity contribution in [3.8, 4) is 5.75 Å². The van der Waals surface area contributed by atoms with Gasteiger partial charge in [-0.3, -0.25) is 4.79 Å². The summed E-state index contributed by atoms with van der Waals surface area (Å²) < 4.78 is 18.7. The molecule has 1 amide bonds. The summed E-state index contributed by atoms with van der Waals surface area (Å²) >= 11 is 0.